The molecule has 1 amide bonds. The Hall–Kier alpha value is -2.10. The van der Waals surface area contributed by atoms with Gasteiger partial charge in [0.2, 0.25) is 5.91 Å². The fourth-order valence-electron chi connectivity index (χ4n) is 2.36. The number of benzene rings is 1. The molecule has 0 spiro atoms. The number of fused-ring (bicyclic) bond motifs is 1. The summed E-state index contributed by atoms with van der Waals surface area (Å²) in [6.45, 7) is 2.11. The molecular weight excluding hydrogens is 359 g/mol. The first-order chi connectivity index (χ1) is 11.5. The quantitative estimate of drug-likeness (QED) is 0.821. The van der Waals surface area contributed by atoms with Gasteiger partial charge in [-0.3, -0.25) is 14.5 Å². The molecule has 6 nitrogen and oxygen atoms in total. The maximum absolute atomic E-state index is 12.3. The molecule has 0 aliphatic carbocycles. The Bertz CT molecular complexity index is 789. The third-order valence-corrected chi connectivity index (χ3v) is 4.81. The maximum atomic E-state index is 12.3. The summed E-state index contributed by atoms with van der Waals surface area (Å²) < 4.78 is 63.3. The standard InChI is InChI=1S/C15H18F3N3O3S/c1-9(2)7-11(14(22)19-8-15(16,17)18)20-13-10-5-3-4-6-12(10)25(23,24)21-13/h3-6,9,11H,7-8H2,1-2H3,(H,19,22)(H,20,21)/t11-/m1/s1. The molecule has 138 valence electrons. The molecule has 1 aliphatic rings. The predicted molar refractivity (Wildman–Crippen MR) is 85.6 cm³/mol. The molecular formula is C15H18F3N3O3S. The van der Waals surface area contributed by atoms with Crippen molar-refractivity contribution in [1.82, 2.24) is 10.0 Å². The molecule has 2 N–H and O–H groups in total. The van der Waals surface area contributed by atoms with Gasteiger partial charge in [0.25, 0.3) is 10.0 Å². The molecule has 0 aromatic heterocycles. The lowest BCUT2D eigenvalue weighted by molar-refractivity contribution is -0.139. The Morgan fingerprint density at radius 3 is 2.52 bits per heavy atom. The van der Waals surface area contributed by atoms with Gasteiger partial charge in [-0.15, -0.1) is 0 Å². The number of rotatable bonds is 5. The van der Waals surface area contributed by atoms with E-state index >= 15 is 0 Å². The molecule has 0 saturated heterocycles. The zero-order valence-corrected chi connectivity index (χ0v) is 14.4. The largest absolute Gasteiger partial charge is 0.405 e. The van der Waals surface area contributed by atoms with Gasteiger partial charge in [-0.25, -0.2) is 8.42 Å². The van der Waals surface area contributed by atoms with Crippen LogP contribution in [0.2, 0.25) is 0 Å². The molecule has 0 fully saturated rings. The number of nitrogens with one attached hydrogen (secondary N) is 2. The Kier molecular flexibility index (Phi) is 5.40. The van der Waals surface area contributed by atoms with Crippen LogP contribution in [0.5, 0.6) is 0 Å². The third kappa shape index (κ3) is 4.94. The van der Waals surface area contributed by atoms with Gasteiger partial charge in [0.05, 0.1) is 4.90 Å². The zero-order chi connectivity index (χ0) is 18.8. The second-order valence-corrected chi connectivity index (χ2v) is 7.71. The van der Waals surface area contributed by atoms with Gasteiger partial charge >= 0.3 is 6.18 Å². The van der Waals surface area contributed by atoms with Gasteiger partial charge in [0, 0.05) is 5.56 Å². The molecule has 25 heavy (non-hydrogen) atoms. The van der Waals surface area contributed by atoms with E-state index < -0.39 is 34.7 Å². The molecule has 1 aromatic carbocycles. The highest BCUT2D eigenvalue weighted by molar-refractivity contribution is 7.90. The minimum atomic E-state index is -4.53. The molecule has 10 heteroatoms. The molecule has 0 bridgehead atoms. The number of hydrogen-bond acceptors (Lipinski definition) is 4. The van der Waals surface area contributed by atoms with Crippen molar-refractivity contribution in [3.63, 3.8) is 0 Å². The summed E-state index contributed by atoms with van der Waals surface area (Å²) in [7, 11) is -3.78. The first-order valence-electron chi connectivity index (χ1n) is 7.54. The van der Waals surface area contributed by atoms with Gasteiger partial charge in [0.1, 0.15) is 18.4 Å². The van der Waals surface area contributed by atoms with Crippen molar-refractivity contribution in [3.05, 3.63) is 29.8 Å². The van der Waals surface area contributed by atoms with E-state index in [4.69, 9.17) is 0 Å². The van der Waals surface area contributed by atoms with Crippen LogP contribution in [0.25, 0.3) is 0 Å². The summed E-state index contributed by atoms with van der Waals surface area (Å²) >= 11 is 0. The van der Waals surface area contributed by atoms with Gasteiger partial charge in [0.15, 0.2) is 0 Å². The molecule has 0 unspecified atom stereocenters. The molecule has 0 saturated carbocycles. The molecule has 1 atom stereocenters. The Morgan fingerprint density at radius 1 is 1.28 bits per heavy atom. The normalized spacial score (nSPS) is 18.7. The maximum Gasteiger partial charge on any atom is 0.405 e. The van der Waals surface area contributed by atoms with Crippen molar-refractivity contribution in [1.29, 1.82) is 0 Å². The number of sulfonamides is 1. The molecule has 1 aromatic rings. The molecule has 1 aliphatic heterocycles. The number of aliphatic imine (C=N–C) groups is 1. The van der Waals surface area contributed by atoms with E-state index in [2.05, 4.69) is 9.71 Å². The molecule has 1 heterocycles. The van der Waals surface area contributed by atoms with Gasteiger partial charge in [-0.05, 0) is 24.5 Å². The lowest BCUT2D eigenvalue weighted by Gasteiger charge is -2.16. The molecule has 0 radical (unpaired) electrons. The van der Waals surface area contributed by atoms with Crippen molar-refractivity contribution in [3.8, 4) is 0 Å². The average molecular weight is 377 g/mol. The summed E-state index contributed by atoms with van der Waals surface area (Å²) in [6, 6.07) is 4.93. The van der Waals surface area contributed by atoms with E-state index in [1.807, 2.05) is 0 Å². The van der Waals surface area contributed by atoms with Crippen LogP contribution >= 0.6 is 0 Å². The number of nitrogens with zero attached hydrogens (tertiary/aromatic N) is 1. The van der Waals surface area contributed by atoms with E-state index in [1.165, 1.54) is 12.1 Å². The molecule has 2 rings (SSSR count). The van der Waals surface area contributed by atoms with E-state index in [9.17, 15) is 26.4 Å². The average Bonchev–Trinajstić information content (AvgIpc) is 2.74. The summed E-state index contributed by atoms with van der Waals surface area (Å²) in [5.41, 5.74) is 0.292. The smallest absolute Gasteiger partial charge is 0.345 e. The van der Waals surface area contributed by atoms with E-state index in [0.29, 0.717) is 5.56 Å². The van der Waals surface area contributed by atoms with Crippen LogP contribution < -0.4 is 10.0 Å². The topological polar surface area (TPSA) is 87.6 Å². The lowest BCUT2D eigenvalue weighted by atomic mass is 10.0. The van der Waals surface area contributed by atoms with Crippen LogP contribution in [-0.4, -0.2) is 38.9 Å². The number of alkyl halides is 3. The van der Waals surface area contributed by atoms with Crippen LogP contribution in [0.1, 0.15) is 25.8 Å². The van der Waals surface area contributed by atoms with Gasteiger partial charge < -0.3 is 5.32 Å². The van der Waals surface area contributed by atoms with Gasteiger partial charge in [-0.1, -0.05) is 26.0 Å². The zero-order valence-electron chi connectivity index (χ0n) is 13.6. The number of amides is 1. The Balaban J connectivity index is 2.31. The van der Waals surface area contributed by atoms with E-state index in [-0.39, 0.29) is 23.1 Å². The summed E-state index contributed by atoms with van der Waals surface area (Å²) in [6.07, 6.45) is -4.36. The minimum absolute atomic E-state index is 0.0211. The minimum Gasteiger partial charge on any atom is -0.345 e. The fourth-order valence-corrected chi connectivity index (χ4v) is 3.59. The number of halogens is 3. The van der Waals surface area contributed by atoms with Crippen LogP contribution in [0.15, 0.2) is 34.2 Å². The highest BCUT2D eigenvalue weighted by atomic mass is 32.2. The van der Waals surface area contributed by atoms with Crippen molar-refractivity contribution < 1.29 is 26.4 Å². The third-order valence-electron chi connectivity index (χ3n) is 3.41. The second kappa shape index (κ2) is 7.03. The summed E-state index contributed by atoms with van der Waals surface area (Å²) in [4.78, 5) is 16.2. The van der Waals surface area contributed by atoms with Crippen LogP contribution in [0.3, 0.4) is 0 Å². The Morgan fingerprint density at radius 2 is 1.92 bits per heavy atom. The van der Waals surface area contributed by atoms with Crippen LogP contribution in [0, 0.1) is 5.92 Å². The summed E-state index contributed by atoms with van der Waals surface area (Å²) in [5, 5.41) is 1.80. The van der Waals surface area contributed by atoms with Crippen LogP contribution in [-0.2, 0) is 14.8 Å². The number of hydrogen-bond donors (Lipinski definition) is 2. The van der Waals surface area contributed by atoms with Crippen molar-refractivity contribution in [2.45, 2.75) is 37.4 Å². The SMILES string of the molecule is CC(C)C[C@@H](N=C1NS(=O)(=O)c2ccccc21)C(=O)NCC(F)(F)F. The number of amidine groups is 1. The summed E-state index contributed by atoms with van der Waals surface area (Å²) in [5.74, 6) is -0.968. The highest BCUT2D eigenvalue weighted by Gasteiger charge is 2.33. The number of carbonyl (C=O) groups is 1. The first-order valence-corrected chi connectivity index (χ1v) is 9.02. The van der Waals surface area contributed by atoms with Crippen LogP contribution in [0.4, 0.5) is 13.2 Å². The monoisotopic (exact) mass is 377 g/mol. The Labute approximate surface area is 143 Å². The number of carbonyl (C=O) groups excluding carboxylic acids is 1. The second-order valence-electron chi connectivity index (χ2n) is 6.06. The lowest BCUT2D eigenvalue weighted by Crippen LogP contribution is -2.41. The first kappa shape index (κ1) is 19.2. The van der Waals surface area contributed by atoms with Crippen molar-refractivity contribution >= 4 is 21.8 Å². The predicted octanol–water partition coefficient (Wildman–Crippen LogP) is 1.82. The van der Waals surface area contributed by atoms with Crippen molar-refractivity contribution in [2.75, 3.05) is 6.54 Å². The van der Waals surface area contributed by atoms with E-state index in [0.717, 1.165) is 0 Å². The fraction of sp³-hybridized carbons (Fsp3) is 0.467. The van der Waals surface area contributed by atoms with Crippen molar-refractivity contribution in [2.24, 2.45) is 10.9 Å². The van der Waals surface area contributed by atoms with E-state index in [1.54, 1.807) is 31.3 Å². The highest BCUT2D eigenvalue weighted by Crippen LogP contribution is 2.23. The van der Waals surface area contributed by atoms with Gasteiger partial charge in [-0.2, -0.15) is 13.2 Å².